The molecular weight excluding hydrogens is 825 g/mol. The van der Waals surface area contributed by atoms with Crippen LogP contribution >= 0.6 is 0 Å². The number of nitriles is 1. The lowest BCUT2D eigenvalue weighted by atomic mass is 9.60. The number of nitrogens with zero attached hydrogens (tertiary/aromatic N) is 3. The van der Waals surface area contributed by atoms with Crippen molar-refractivity contribution in [1.29, 1.82) is 5.26 Å². The van der Waals surface area contributed by atoms with E-state index < -0.39 is 0 Å². The Morgan fingerprint density at radius 2 is 1.43 bits per heavy atom. The lowest BCUT2D eigenvalue weighted by Gasteiger charge is -2.60. The van der Waals surface area contributed by atoms with E-state index in [0.29, 0.717) is 59.4 Å². The number of hydrogen-bond donors (Lipinski definition) is 1. The minimum atomic E-state index is 0.0804. The summed E-state index contributed by atoms with van der Waals surface area (Å²) in [5.41, 5.74) is 5.91. The second-order valence-corrected chi connectivity index (χ2v) is 27.4. The number of rotatable bonds is 7. The van der Waals surface area contributed by atoms with Crippen molar-refractivity contribution < 1.29 is 0 Å². The van der Waals surface area contributed by atoms with Gasteiger partial charge in [0.05, 0.1) is 18.0 Å². The summed E-state index contributed by atoms with van der Waals surface area (Å²) in [4.78, 5) is 6.58. The molecule has 1 saturated heterocycles. The Morgan fingerprint density at radius 3 is 2.28 bits per heavy atom. The van der Waals surface area contributed by atoms with Crippen LogP contribution in [0, 0.1) is 99.1 Å². The second-order valence-electron chi connectivity index (χ2n) is 27.4. The summed E-state index contributed by atoms with van der Waals surface area (Å²) in [7, 11) is 0. The van der Waals surface area contributed by atoms with Gasteiger partial charge in [0, 0.05) is 47.9 Å². The van der Waals surface area contributed by atoms with Gasteiger partial charge >= 0.3 is 0 Å². The summed E-state index contributed by atoms with van der Waals surface area (Å²) >= 11 is 0. The third kappa shape index (κ3) is 7.17. The van der Waals surface area contributed by atoms with Gasteiger partial charge in [-0.2, -0.15) is 5.26 Å². The van der Waals surface area contributed by atoms with Gasteiger partial charge in [-0.25, -0.2) is 0 Å². The van der Waals surface area contributed by atoms with Gasteiger partial charge in [-0.05, 0) is 215 Å². The Hall–Kier alpha value is -2.35. The zero-order chi connectivity index (χ0) is 45.9. The maximum atomic E-state index is 11.6. The third-order valence-electron chi connectivity index (χ3n) is 24.1. The van der Waals surface area contributed by atoms with Crippen LogP contribution < -0.4 is 5.32 Å². The minimum Gasteiger partial charge on any atom is -0.365 e. The van der Waals surface area contributed by atoms with Gasteiger partial charge in [0.25, 0.3) is 0 Å². The van der Waals surface area contributed by atoms with Gasteiger partial charge in [0.2, 0.25) is 0 Å². The Bertz CT molecular complexity index is 2120. The molecule has 0 spiro atoms. The van der Waals surface area contributed by atoms with E-state index in [1.54, 1.807) is 16.8 Å². The van der Waals surface area contributed by atoms with Crippen molar-refractivity contribution in [3.8, 4) is 6.07 Å². The average molecular weight is 917 g/mol. The molecule has 68 heavy (non-hydrogen) atoms. The maximum absolute atomic E-state index is 11.6. The summed E-state index contributed by atoms with van der Waals surface area (Å²) in [6.45, 7) is 10.7. The summed E-state index contributed by atoms with van der Waals surface area (Å²) < 4.78 is 0. The lowest BCUT2D eigenvalue weighted by Crippen LogP contribution is -2.65. The monoisotopic (exact) mass is 917 g/mol. The van der Waals surface area contributed by atoms with Crippen LogP contribution in [0.2, 0.25) is 0 Å². The normalized spacial score (nSPS) is 48.1. The van der Waals surface area contributed by atoms with E-state index in [2.05, 4.69) is 104 Å². The predicted molar refractivity (Wildman–Crippen MR) is 279 cm³/mol. The van der Waals surface area contributed by atoms with Crippen LogP contribution in [-0.2, 0) is 0 Å². The topological polar surface area (TPSA) is 42.3 Å². The van der Waals surface area contributed by atoms with E-state index >= 15 is 0 Å². The first-order valence-electron chi connectivity index (χ1n) is 30.1. The third-order valence-corrected chi connectivity index (χ3v) is 24.1. The molecule has 1 N–H and O–H groups in total. The molecule has 2 aliphatic heterocycles. The lowest BCUT2D eigenvalue weighted by molar-refractivity contribution is -0.0488. The van der Waals surface area contributed by atoms with E-state index in [1.165, 1.54) is 154 Å². The summed E-state index contributed by atoms with van der Waals surface area (Å²) in [6.07, 6.45) is 57.4. The molecule has 4 heteroatoms. The quantitative estimate of drug-likeness (QED) is 0.258. The summed E-state index contributed by atoms with van der Waals surface area (Å²) in [5.74, 6) is 9.01. The molecule has 7 saturated carbocycles. The molecule has 2 heterocycles. The highest BCUT2D eigenvalue weighted by molar-refractivity contribution is 5.48. The van der Waals surface area contributed by atoms with Crippen molar-refractivity contribution >= 4 is 0 Å². The molecule has 19 atom stereocenters. The van der Waals surface area contributed by atoms with Crippen molar-refractivity contribution in [3.05, 3.63) is 71.5 Å². The first kappa shape index (κ1) is 45.5. The molecule has 368 valence electrons. The molecule has 0 radical (unpaired) electrons. The number of hydrogen-bond acceptors (Lipinski definition) is 4. The van der Waals surface area contributed by atoms with Gasteiger partial charge in [0.15, 0.2) is 0 Å². The average Bonchev–Trinajstić information content (AvgIpc) is 3.92. The van der Waals surface area contributed by atoms with Crippen molar-refractivity contribution in [2.75, 3.05) is 0 Å². The fourth-order valence-corrected chi connectivity index (χ4v) is 21.5. The molecule has 0 amide bonds. The summed E-state index contributed by atoms with van der Waals surface area (Å²) in [5, 5.41) is 16.1. The number of fused-ring (bicyclic) bond motifs is 10. The first-order chi connectivity index (χ1) is 33.2. The predicted octanol–water partition coefficient (Wildman–Crippen LogP) is 14.7. The minimum absolute atomic E-state index is 0.0804. The van der Waals surface area contributed by atoms with Gasteiger partial charge in [0.1, 0.15) is 0 Å². The van der Waals surface area contributed by atoms with Crippen LogP contribution in [0.25, 0.3) is 0 Å². The van der Waals surface area contributed by atoms with Crippen molar-refractivity contribution in [2.24, 2.45) is 87.8 Å². The first-order valence-corrected chi connectivity index (χ1v) is 30.1. The smallest absolute Gasteiger partial charge is 0.0672 e. The van der Waals surface area contributed by atoms with Gasteiger partial charge < -0.3 is 10.2 Å². The molecule has 0 aromatic heterocycles. The van der Waals surface area contributed by atoms with Crippen molar-refractivity contribution in [2.45, 2.75) is 231 Å². The fraction of sp³-hybridized carbons (Fsp3) is 0.797. The van der Waals surface area contributed by atoms with Crippen LogP contribution in [-0.4, -0.2) is 52.1 Å². The molecule has 4 nitrogen and oxygen atoms in total. The molecule has 13 aliphatic rings. The van der Waals surface area contributed by atoms with E-state index in [4.69, 9.17) is 0 Å². The Labute approximate surface area is 414 Å². The van der Waals surface area contributed by atoms with Crippen molar-refractivity contribution in [3.63, 3.8) is 0 Å². The van der Waals surface area contributed by atoms with Gasteiger partial charge in [-0.15, -0.1) is 0 Å². The van der Waals surface area contributed by atoms with Crippen LogP contribution in [0.1, 0.15) is 188 Å². The van der Waals surface area contributed by atoms with Crippen LogP contribution in [0.4, 0.5) is 0 Å². The maximum Gasteiger partial charge on any atom is 0.0672 e. The van der Waals surface area contributed by atoms with E-state index in [9.17, 15) is 5.26 Å². The molecular formula is C64H92N4. The highest BCUT2D eigenvalue weighted by Gasteiger charge is 2.66. The Kier molecular flexibility index (Phi) is 12.0. The molecule has 0 aromatic rings. The number of nitrogens with one attached hydrogen (secondary N) is 1. The highest BCUT2D eigenvalue weighted by atomic mass is 15.3. The Morgan fingerprint density at radius 1 is 0.632 bits per heavy atom. The number of allylic oxidation sites excluding steroid dienone is 10. The largest absolute Gasteiger partial charge is 0.365 e. The standard InChI is InChI=1S/C64H92N4/c1-63(2)52-31-16-12-27-48(52)60-53(63)35-34-47-45-26-14-18-33-56(45)68(62(47)60)57-37-55(66-54-32-17-13-24-43(54)40-20-7-5-8-21-40)41(39-65)36-50(57)59-38-58(67(59)42-22-9-6-10-23-42)49-29-19-28-46-44-25-11-15-30-51(44)64(3,4)61(46)49/h5,7,12,18,25,27,30,33,38,40-43,45-50,52-57,59-62,66H,6,8-11,13-17,19-24,26,28-29,31-32,34-37H2,1-4H3. The SMILES string of the molecule is CC1(C)C2=CCCC=C2C2CCCC(C3=CC(C4CC(C#N)C(NC5CCCCC5C5CC=CCC5)CC4N4C5C=CCCC5C5CCC6C(C7C=CCCC7C6(C)C)C54)N3C3CCCCC3)C21. The van der Waals surface area contributed by atoms with Gasteiger partial charge in [-0.3, -0.25) is 4.90 Å². The molecule has 0 aromatic carbocycles. The van der Waals surface area contributed by atoms with Crippen molar-refractivity contribution in [1.82, 2.24) is 15.1 Å². The molecule has 13 rings (SSSR count). The molecule has 19 unspecified atom stereocenters. The molecule has 0 bridgehead atoms. The molecule has 11 aliphatic carbocycles. The van der Waals surface area contributed by atoms with E-state index in [0.717, 1.165) is 59.7 Å². The highest BCUT2D eigenvalue weighted by Crippen LogP contribution is 2.68. The second kappa shape index (κ2) is 18.0. The molecule has 8 fully saturated rings. The number of likely N-dealkylation sites (tertiary alicyclic amines) is 1. The zero-order valence-electron chi connectivity index (χ0n) is 43.3. The fourth-order valence-electron chi connectivity index (χ4n) is 21.5. The van der Waals surface area contributed by atoms with Crippen LogP contribution in [0.5, 0.6) is 0 Å². The van der Waals surface area contributed by atoms with E-state index in [-0.39, 0.29) is 17.4 Å². The summed E-state index contributed by atoms with van der Waals surface area (Å²) in [6, 6.07) is 6.86. The van der Waals surface area contributed by atoms with Crippen LogP contribution in [0.15, 0.2) is 71.5 Å². The Balaban J connectivity index is 0.913. The van der Waals surface area contributed by atoms with Crippen LogP contribution in [0.3, 0.4) is 0 Å². The zero-order valence-corrected chi connectivity index (χ0v) is 43.3. The van der Waals surface area contributed by atoms with Gasteiger partial charge in [-0.1, -0.05) is 115 Å². The van der Waals surface area contributed by atoms with E-state index in [1.807, 2.05) is 0 Å².